The summed E-state index contributed by atoms with van der Waals surface area (Å²) in [5, 5.41) is 5.33. The van der Waals surface area contributed by atoms with Crippen molar-refractivity contribution in [3.8, 4) is 11.5 Å². The number of nitrogens with zero attached hydrogens (tertiary/aromatic N) is 1. The lowest BCUT2D eigenvalue weighted by Gasteiger charge is -2.11. The van der Waals surface area contributed by atoms with Crippen LogP contribution in [-0.4, -0.2) is 37.1 Å². The lowest BCUT2D eigenvalue weighted by atomic mass is 10.1. The minimum absolute atomic E-state index is 0.0454. The summed E-state index contributed by atoms with van der Waals surface area (Å²) in [6.07, 6.45) is 2.05. The molecule has 11 heteroatoms. The number of aromatic nitrogens is 1. The molecular formula is C21H18F3N3O4S. The minimum Gasteiger partial charge on any atom is -0.493 e. The number of nitrogens with one attached hydrogen (secondary N) is 2. The molecule has 32 heavy (non-hydrogen) atoms. The van der Waals surface area contributed by atoms with Crippen molar-refractivity contribution in [1.82, 2.24) is 10.3 Å². The summed E-state index contributed by atoms with van der Waals surface area (Å²) in [5.74, 6) is -1.70. The largest absolute Gasteiger partial charge is 0.493 e. The number of hydrogen-bond donors (Lipinski definition) is 2. The van der Waals surface area contributed by atoms with Crippen molar-refractivity contribution < 1.29 is 32.2 Å². The van der Waals surface area contributed by atoms with Gasteiger partial charge >= 0.3 is 6.61 Å². The number of ether oxygens (including phenoxy) is 2. The van der Waals surface area contributed by atoms with Crippen LogP contribution in [0.25, 0.3) is 0 Å². The Labute approximate surface area is 185 Å². The molecule has 3 aromatic rings. The summed E-state index contributed by atoms with van der Waals surface area (Å²) in [5.41, 5.74) is 0.877. The molecule has 3 rings (SSSR count). The lowest BCUT2D eigenvalue weighted by molar-refractivity contribution is -0.115. The number of alkyl halides is 2. The van der Waals surface area contributed by atoms with Crippen LogP contribution in [0.5, 0.6) is 11.5 Å². The van der Waals surface area contributed by atoms with Crippen molar-refractivity contribution in [1.29, 1.82) is 0 Å². The normalized spacial score (nSPS) is 10.7. The highest BCUT2D eigenvalue weighted by Crippen LogP contribution is 2.29. The molecule has 1 aromatic heterocycles. The minimum atomic E-state index is -3.03. The number of hydrogen-bond acceptors (Lipinski definition) is 6. The van der Waals surface area contributed by atoms with Gasteiger partial charge in [-0.15, -0.1) is 11.3 Å². The van der Waals surface area contributed by atoms with Crippen LogP contribution in [0.3, 0.4) is 0 Å². The van der Waals surface area contributed by atoms with Crippen LogP contribution < -0.4 is 20.1 Å². The molecule has 1 heterocycles. The molecular weight excluding hydrogens is 447 g/mol. The monoisotopic (exact) mass is 465 g/mol. The highest BCUT2D eigenvalue weighted by Gasteiger charge is 2.15. The first-order chi connectivity index (χ1) is 15.3. The Bertz CT molecular complexity index is 1110. The summed E-state index contributed by atoms with van der Waals surface area (Å²) in [4.78, 5) is 29.3. The molecule has 0 aliphatic rings. The van der Waals surface area contributed by atoms with Crippen LogP contribution >= 0.6 is 11.3 Å². The van der Waals surface area contributed by atoms with Crippen molar-refractivity contribution in [2.24, 2.45) is 0 Å². The van der Waals surface area contributed by atoms with Gasteiger partial charge in [0.15, 0.2) is 16.6 Å². The van der Waals surface area contributed by atoms with Gasteiger partial charge in [0.2, 0.25) is 5.91 Å². The van der Waals surface area contributed by atoms with E-state index in [1.54, 1.807) is 18.3 Å². The number of amides is 2. The van der Waals surface area contributed by atoms with E-state index in [4.69, 9.17) is 4.74 Å². The van der Waals surface area contributed by atoms with Crippen LogP contribution in [0.15, 0.2) is 48.7 Å². The number of carbonyl (C=O) groups excluding carboxylic acids is 2. The highest BCUT2D eigenvalue weighted by molar-refractivity contribution is 7.15. The average molecular weight is 465 g/mol. The Hall–Kier alpha value is -3.60. The fraction of sp³-hybridized carbons (Fsp3) is 0.190. The van der Waals surface area contributed by atoms with E-state index in [2.05, 4.69) is 20.4 Å². The molecule has 2 aromatic carbocycles. The van der Waals surface area contributed by atoms with Gasteiger partial charge < -0.3 is 20.1 Å². The molecule has 2 N–H and O–H groups in total. The maximum atomic E-state index is 13.3. The van der Waals surface area contributed by atoms with Gasteiger partial charge in [0.25, 0.3) is 5.91 Å². The molecule has 0 saturated carbocycles. The van der Waals surface area contributed by atoms with Crippen LogP contribution in [0.4, 0.5) is 18.3 Å². The van der Waals surface area contributed by atoms with Crippen LogP contribution in [0.1, 0.15) is 20.8 Å². The van der Waals surface area contributed by atoms with Gasteiger partial charge in [0.05, 0.1) is 13.7 Å². The fourth-order valence-electron chi connectivity index (χ4n) is 2.72. The Morgan fingerprint density at radius 1 is 1.16 bits per heavy atom. The zero-order valence-electron chi connectivity index (χ0n) is 16.7. The maximum absolute atomic E-state index is 13.3. The summed E-state index contributed by atoms with van der Waals surface area (Å²) in [6, 6.07) is 9.86. The van der Waals surface area contributed by atoms with Crippen LogP contribution in [0.2, 0.25) is 0 Å². The van der Waals surface area contributed by atoms with E-state index in [9.17, 15) is 22.8 Å². The quantitative estimate of drug-likeness (QED) is 0.501. The zero-order valence-corrected chi connectivity index (χ0v) is 17.5. The molecule has 0 radical (unpaired) electrons. The fourth-order valence-corrected chi connectivity index (χ4v) is 3.59. The van der Waals surface area contributed by atoms with Gasteiger partial charge in [0.1, 0.15) is 5.82 Å². The van der Waals surface area contributed by atoms with Gasteiger partial charge in [-0.25, -0.2) is 9.37 Å². The van der Waals surface area contributed by atoms with Gasteiger partial charge in [-0.3, -0.25) is 9.59 Å². The Balaban J connectivity index is 1.52. The van der Waals surface area contributed by atoms with Crippen molar-refractivity contribution in [2.45, 2.75) is 13.0 Å². The molecule has 168 valence electrons. The number of carbonyl (C=O) groups is 2. The number of rotatable bonds is 9. The highest BCUT2D eigenvalue weighted by atomic mass is 32.1. The van der Waals surface area contributed by atoms with Crippen LogP contribution in [-0.2, 0) is 11.2 Å². The summed E-state index contributed by atoms with van der Waals surface area (Å²) < 4.78 is 47.3. The molecule has 2 amide bonds. The topological polar surface area (TPSA) is 89.5 Å². The van der Waals surface area contributed by atoms with E-state index < -0.39 is 18.4 Å². The third-order valence-electron chi connectivity index (χ3n) is 4.12. The zero-order chi connectivity index (χ0) is 23.1. The van der Waals surface area contributed by atoms with Crippen molar-refractivity contribution in [3.05, 3.63) is 70.5 Å². The molecule has 0 saturated heterocycles. The van der Waals surface area contributed by atoms with Crippen molar-refractivity contribution in [3.63, 3.8) is 0 Å². The molecule has 0 aliphatic carbocycles. The number of halogens is 3. The average Bonchev–Trinajstić information content (AvgIpc) is 3.18. The number of methoxy groups -OCH3 is 1. The van der Waals surface area contributed by atoms with Gasteiger partial charge in [-0.1, -0.05) is 12.1 Å². The molecule has 0 spiro atoms. The molecule has 0 bridgehead atoms. The van der Waals surface area contributed by atoms with Crippen molar-refractivity contribution in [2.75, 3.05) is 19.0 Å². The summed E-state index contributed by atoms with van der Waals surface area (Å²) in [6.45, 7) is -3.37. The van der Waals surface area contributed by atoms with Crippen molar-refractivity contribution >= 4 is 28.3 Å². The second kappa shape index (κ2) is 10.6. The lowest BCUT2D eigenvalue weighted by Crippen LogP contribution is -2.32. The number of anilines is 1. The second-order valence-corrected chi connectivity index (χ2v) is 7.53. The first kappa shape index (κ1) is 23.1. The molecule has 0 fully saturated rings. The number of benzene rings is 2. The van der Waals surface area contributed by atoms with E-state index >= 15 is 0 Å². The van der Waals surface area contributed by atoms with Gasteiger partial charge in [-0.2, -0.15) is 8.78 Å². The van der Waals surface area contributed by atoms with Crippen LogP contribution in [0, 0.1) is 5.82 Å². The second-order valence-electron chi connectivity index (χ2n) is 6.41. The van der Waals surface area contributed by atoms with E-state index in [0.717, 1.165) is 10.4 Å². The molecule has 0 atom stereocenters. The Morgan fingerprint density at radius 2 is 1.97 bits per heavy atom. The Morgan fingerprint density at radius 3 is 2.69 bits per heavy atom. The number of thiazole rings is 1. The molecule has 0 unspecified atom stereocenters. The predicted molar refractivity (Wildman–Crippen MR) is 112 cm³/mol. The van der Waals surface area contributed by atoms with Gasteiger partial charge in [-0.05, 0) is 35.9 Å². The van der Waals surface area contributed by atoms with E-state index in [1.807, 2.05) is 0 Å². The van der Waals surface area contributed by atoms with E-state index in [1.165, 1.54) is 48.8 Å². The maximum Gasteiger partial charge on any atom is 0.387 e. The standard InChI is InChI=1S/C21H18F3N3O4S/c1-30-17-9-13(5-6-16(17)31-20(23)24)19(29)25-11-18(28)27-21-26-10-15(32-21)8-12-3-2-4-14(22)7-12/h2-7,9-10,20H,8,11H2,1H3,(H,25,29)(H,26,27,28). The molecule has 7 nitrogen and oxygen atoms in total. The van der Waals surface area contributed by atoms with E-state index in [-0.39, 0.29) is 29.4 Å². The van der Waals surface area contributed by atoms with Gasteiger partial charge in [0, 0.05) is 23.1 Å². The first-order valence-electron chi connectivity index (χ1n) is 9.24. The van der Waals surface area contributed by atoms with E-state index in [0.29, 0.717) is 11.6 Å². The summed E-state index contributed by atoms with van der Waals surface area (Å²) >= 11 is 1.23. The summed E-state index contributed by atoms with van der Waals surface area (Å²) in [7, 11) is 1.25. The third-order valence-corrected chi connectivity index (χ3v) is 5.03. The Kier molecular flexibility index (Phi) is 7.66. The first-order valence-corrected chi connectivity index (χ1v) is 10.1. The smallest absolute Gasteiger partial charge is 0.387 e. The SMILES string of the molecule is COc1cc(C(=O)NCC(=O)Nc2ncc(Cc3cccc(F)c3)s2)ccc1OC(F)F. The third kappa shape index (κ3) is 6.45. The molecule has 0 aliphatic heterocycles. The predicted octanol–water partition coefficient (Wildman–Crippen LogP) is 3.85.